The molecule has 0 saturated carbocycles. The maximum absolute atomic E-state index is 2.00. The molecule has 0 aliphatic heterocycles. The summed E-state index contributed by atoms with van der Waals surface area (Å²) in [5, 5.41) is 0. The Morgan fingerprint density at radius 1 is 1.25 bits per heavy atom. The molecule has 0 aliphatic rings. The van der Waals surface area contributed by atoms with Crippen LogP contribution >= 0.6 is 0 Å². The van der Waals surface area contributed by atoms with E-state index in [-0.39, 0.29) is 83.8 Å². The van der Waals surface area contributed by atoms with Crippen LogP contribution in [-0.4, -0.2) is 0 Å². The molecule has 0 bridgehead atoms. The Labute approximate surface area is 95.4 Å². The van der Waals surface area contributed by atoms with E-state index >= 15 is 0 Å². The minimum absolute atomic E-state index is 0. The molecule has 0 spiro atoms. The Hall–Kier alpha value is 2.64. The largest absolute Gasteiger partial charge is 1.00 e. The molecule has 0 amide bonds. The van der Waals surface area contributed by atoms with Crippen LogP contribution in [0.1, 0.15) is 16.7 Å². The van der Waals surface area contributed by atoms with E-state index in [4.69, 9.17) is 0 Å². The third-order valence-corrected chi connectivity index (χ3v) is 0. The predicted octanol–water partition coefficient (Wildman–Crippen LogP) is -4.74. The second kappa shape index (κ2) is 17.4. The summed E-state index contributed by atoms with van der Waals surface area (Å²) in [6.07, 6.45) is 0. The van der Waals surface area contributed by atoms with Crippen LogP contribution in [0.2, 0.25) is 0 Å². The van der Waals surface area contributed by atoms with Gasteiger partial charge in [0.2, 0.25) is 0 Å². The van der Waals surface area contributed by atoms with Gasteiger partial charge in [0.25, 0.3) is 0 Å². The average Bonchev–Trinajstić information content (AvgIpc) is 1.00. The Balaban J connectivity index is -0.000000000833. The second-order valence-electron chi connectivity index (χ2n) is 0. The summed E-state index contributed by atoms with van der Waals surface area (Å²) in [5.41, 5.74) is 0. The number of rotatable bonds is 0. The first-order valence-electron chi connectivity index (χ1n) is 1.00. The molecule has 4 heavy (non-hydrogen) atoms. The van der Waals surface area contributed by atoms with E-state index in [1.165, 1.54) is 0 Å². The molecule has 0 atom stereocenters. The summed E-state index contributed by atoms with van der Waals surface area (Å²) < 4.78 is 0. The third kappa shape index (κ3) is 8.82. The smallest absolute Gasteiger partial charge is 1.00 e. The van der Waals surface area contributed by atoms with Gasteiger partial charge < -0.3 is 2.85 Å². The van der Waals surface area contributed by atoms with E-state index in [1.807, 2.05) is 13.8 Å². The fraction of sp³-hybridized carbons (Fsp3) is 1.00. The average molecular weight is 94.2 g/mol. The Kier molecular flexibility index (Phi) is 69.5. The molecular formula is C2H8KNa. The van der Waals surface area contributed by atoms with Gasteiger partial charge in [-0.3, -0.25) is 0 Å². The quantitative estimate of drug-likeness (QED) is 0.264. The third-order valence-electron chi connectivity index (χ3n) is 0. The van der Waals surface area contributed by atoms with Crippen LogP contribution in [0.3, 0.4) is 0 Å². The molecular weight excluding hydrogens is 86.1 g/mol. The van der Waals surface area contributed by atoms with Crippen LogP contribution in [0.5, 0.6) is 0 Å². The van der Waals surface area contributed by atoms with Crippen molar-refractivity contribution >= 4 is 0 Å². The van der Waals surface area contributed by atoms with Crippen molar-refractivity contribution in [2.75, 3.05) is 0 Å². The Morgan fingerprint density at radius 3 is 1.25 bits per heavy atom. The van der Waals surface area contributed by atoms with Crippen molar-refractivity contribution in [3.05, 3.63) is 0 Å². The fourth-order valence-corrected chi connectivity index (χ4v) is 0. The summed E-state index contributed by atoms with van der Waals surface area (Å²) in [6, 6.07) is 0. The van der Waals surface area contributed by atoms with Gasteiger partial charge in [0.15, 0.2) is 0 Å². The summed E-state index contributed by atoms with van der Waals surface area (Å²) in [6.45, 7) is 4.00. The molecule has 2 heteroatoms. The molecule has 18 valence electrons. The van der Waals surface area contributed by atoms with Crippen LogP contribution in [0.25, 0.3) is 0 Å². The van der Waals surface area contributed by atoms with Crippen LogP contribution in [0.15, 0.2) is 0 Å². The minimum Gasteiger partial charge on any atom is -1.00 e. The van der Waals surface area contributed by atoms with E-state index in [9.17, 15) is 0 Å². The summed E-state index contributed by atoms with van der Waals surface area (Å²) in [4.78, 5) is 0. The van der Waals surface area contributed by atoms with Crippen molar-refractivity contribution in [3.63, 3.8) is 0 Å². The van der Waals surface area contributed by atoms with Crippen molar-refractivity contribution in [2.45, 2.75) is 13.8 Å². The number of hydrogen-bond acceptors (Lipinski definition) is 0. The fourth-order valence-electron chi connectivity index (χ4n) is 0. The summed E-state index contributed by atoms with van der Waals surface area (Å²) in [7, 11) is 0. The molecule has 0 rings (SSSR count). The zero-order valence-corrected chi connectivity index (χ0v) is 9.12. The van der Waals surface area contributed by atoms with Gasteiger partial charge in [-0.05, 0) is 0 Å². The summed E-state index contributed by atoms with van der Waals surface area (Å²) in [5.74, 6) is 0. The SMILES string of the molecule is CC.[H-].[H-].[K+].[Na+]. The molecule has 0 unspecified atom stereocenters. The molecule has 0 aromatic carbocycles. The van der Waals surface area contributed by atoms with Crippen molar-refractivity contribution < 1.29 is 83.8 Å². The van der Waals surface area contributed by atoms with Crippen molar-refractivity contribution in [1.82, 2.24) is 0 Å². The van der Waals surface area contributed by atoms with Crippen molar-refractivity contribution in [1.29, 1.82) is 0 Å². The molecule has 0 heterocycles. The van der Waals surface area contributed by atoms with E-state index in [1.54, 1.807) is 0 Å². The zero-order chi connectivity index (χ0) is 2.00. The first-order chi connectivity index (χ1) is 1.00. The minimum atomic E-state index is 0. The Bertz CT molecular complexity index is 11.5. The van der Waals surface area contributed by atoms with Gasteiger partial charge in [-0.25, -0.2) is 0 Å². The first kappa shape index (κ1) is 15.9. The maximum Gasteiger partial charge on any atom is 1.00 e. The first-order valence-corrected chi connectivity index (χ1v) is 1.00. The van der Waals surface area contributed by atoms with Gasteiger partial charge in [-0.15, -0.1) is 0 Å². The van der Waals surface area contributed by atoms with Gasteiger partial charge in [0.1, 0.15) is 0 Å². The topological polar surface area (TPSA) is 0 Å². The normalized spacial score (nSPS) is 1.50. The molecule has 0 aromatic rings. The molecule has 0 nitrogen and oxygen atoms in total. The van der Waals surface area contributed by atoms with Crippen molar-refractivity contribution in [3.8, 4) is 0 Å². The van der Waals surface area contributed by atoms with E-state index in [0.717, 1.165) is 0 Å². The second-order valence-corrected chi connectivity index (χ2v) is 0. The summed E-state index contributed by atoms with van der Waals surface area (Å²) >= 11 is 0. The van der Waals surface area contributed by atoms with Crippen LogP contribution in [0.4, 0.5) is 0 Å². The van der Waals surface area contributed by atoms with Crippen LogP contribution in [0, 0.1) is 0 Å². The van der Waals surface area contributed by atoms with Gasteiger partial charge in [-0.1, -0.05) is 13.8 Å². The van der Waals surface area contributed by atoms with Crippen LogP contribution < -0.4 is 80.9 Å². The number of hydrogen-bond donors (Lipinski definition) is 0. The molecule has 0 radical (unpaired) electrons. The van der Waals surface area contributed by atoms with E-state index in [0.29, 0.717) is 0 Å². The van der Waals surface area contributed by atoms with Crippen molar-refractivity contribution in [2.24, 2.45) is 0 Å². The monoisotopic (exact) mass is 94.0 g/mol. The zero-order valence-electron chi connectivity index (χ0n) is 6.00. The standard InChI is InChI=1S/C2H6.K.Na.2H/c1-2;;;;/h1-2H3;;;;/q;2*+1;2*-1. The van der Waals surface area contributed by atoms with E-state index in [2.05, 4.69) is 0 Å². The van der Waals surface area contributed by atoms with Gasteiger partial charge in [0, 0.05) is 0 Å². The van der Waals surface area contributed by atoms with E-state index < -0.39 is 0 Å². The maximum atomic E-state index is 2.00. The molecule has 0 aliphatic carbocycles. The molecule has 0 saturated heterocycles. The van der Waals surface area contributed by atoms with Crippen LogP contribution in [-0.2, 0) is 0 Å². The molecule has 0 aromatic heterocycles. The van der Waals surface area contributed by atoms with Gasteiger partial charge in [-0.2, -0.15) is 0 Å². The molecule has 0 fully saturated rings. The van der Waals surface area contributed by atoms with Gasteiger partial charge >= 0.3 is 80.9 Å². The molecule has 0 N–H and O–H groups in total. The predicted molar refractivity (Wildman–Crippen MR) is 13.6 cm³/mol. The Morgan fingerprint density at radius 2 is 1.25 bits per heavy atom. The van der Waals surface area contributed by atoms with Gasteiger partial charge in [0.05, 0.1) is 0 Å².